The van der Waals surface area contributed by atoms with E-state index < -0.39 is 5.97 Å². The van der Waals surface area contributed by atoms with Crippen LogP contribution in [0.4, 0.5) is 0 Å². The van der Waals surface area contributed by atoms with Gasteiger partial charge in [0.05, 0.1) is 6.61 Å². The lowest BCUT2D eigenvalue weighted by Crippen LogP contribution is -2.22. The van der Waals surface area contributed by atoms with Crippen molar-refractivity contribution in [3.63, 3.8) is 0 Å². The summed E-state index contributed by atoms with van der Waals surface area (Å²) in [4.78, 5) is 26.6. The summed E-state index contributed by atoms with van der Waals surface area (Å²) in [5.41, 5.74) is 10.6. The molecule has 0 bridgehead atoms. The van der Waals surface area contributed by atoms with Crippen molar-refractivity contribution in [2.75, 3.05) is 13.2 Å². The molecule has 0 aromatic heterocycles. The molecule has 0 aromatic rings. The molecule has 0 saturated carbocycles. The Kier molecular flexibility index (Phi) is 18.0. The Labute approximate surface area is 165 Å². The van der Waals surface area contributed by atoms with Crippen LogP contribution in [-0.4, -0.2) is 30.9 Å². The SMILES string of the molecule is CCOC(=O)C(=O)CCCCCCCCCCCCCCCCN=C(N)N. The van der Waals surface area contributed by atoms with Crippen molar-refractivity contribution in [2.45, 2.75) is 103 Å². The van der Waals surface area contributed by atoms with Gasteiger partial charge < -0.3 is 16.2 Å². The summed E-state index contributed by atoms with van der Waals surface area (Å²) in [5.74, 6) is -0.867. The van der Waals surface area contributed by atoms with Gasteiger partial charge in [-0.1, -0.05) is 77.0 Å². The molecule has 4 N–H and O–H groups in total. The third-order valence-corrected chi connectivity index (χ3v) is 4.61. The highest BCUT2D eigenvalue weighted by molar-refractivity contribution is 6.33. The summed E-state index contributed by atoms with van der Waals surface area (Å²) < 4.78 is 4.69. The van der Waals surface area contributed by atoms with Gasteiger partial charge in [0.25, 0.3) is 0 Å². The summed E-state index contributed by atoms with van der Waals surface area (Å²) in [7, 11) is 0. The first kappa shape index (κ1) is 25.4. The number of Topliss-reactive ketones (excluding diaryl/α,β-unsaturated/α-hetero) is 1. The van der Waals surface area contributed by atoms with Crippen molar-refractivity contribution in [2.24, 2.45) is 16.5 Å². The summed E-state index contributed by atoms with van der Waals surface area (Å²) in [6.07, 6.45) is 17.3. The number of ether oxygens (including phenoxy) is 1. The highest BCUT2D eigenvalue weighted by atomic mass is 16.5. The smallest absolute Gasteiger partial charge is 0.374 e. The first-order chi connectivity index (χ1) is 13.1. The lowest BCUT2D eigenvalue weighted by Gasteiger charge is -2.03. The van der Waals surface area contributed by atoms with E-state index in [0.29, 0.717) is 6.42 Å². The Morgan fingerprint density at radius 2 is 1.11 bits per heavy atom. The van der Waals surface area contributed by atoms with E-state index in [1.165, 1.54) is 64.2 Å². The van der Waals surface area contributed by atoms with Crippen LogP contribution in [0, 0.1) is 0 Å². The van der Waals surface area contributed by atoms with E-state index in [1.54, 1.807) is 6.92 Å². The fourth-order valence-corrected chi connectivity index (χ4v) is 3.04. The molecular weight excluding hydrogens is 342 g/mol. The van der Waals surface area contributed by atoms with Gasteiger partial charge in [-0.2, -0.15) is 0 Å². The minimum Gasteiger partial charge on any atom is -0.460 e. The molecule has 0 saturated heterocycles. The number of unbranched alkanes of at least 4 members (excludes halogenated alkanes) is 13. The summed E-state index contributed by atoms with van der Waals surface area (Å²) >= 11 is 0. The van der Waals surface area contributed by atoms with Crippen LogP contribution in [0.5, 0.6) is 0 Å². The zero-order valence-electron chi connectivity index (χ0n) is 17.3. The zero-order chi connectivity index (χ0) is 20.2. The van der Waals surface area contributed by atoms with E-state index in [2.05, 4.69) is 9.73 Å². The summed E-state index contributed by atoms with van der Waals surface area (Å²) in [5, 5.41) is 0. The van der Waals surface area contributed by atoms with E-state index >= 15 is 0 Å². The number of hydrogen-bond donors (Lipinski definition) is 2. The first-order valence-corrected chi connectivity index (χ1v) is 10.8. The van der Waals surface area contributed by atoms with Gasteiger partial charge in [-0.15, -0.1) is 0 Å². The molecule has 0 spiro atoms. The number of hydrogen-bond acceptors (Lipinski definition) is 4. The maximum absolute atomic E-state index is 11.4. The quantitative estimate of drug-likeness (QED) is 0.114. The molecule has 0 aliphatic heterocycles. The average Bonchev–Trinajstić information content (AvgIpc) is 2.64. The van der Waals surface area contributed by atoms with E-state index in [-0.39, 0.29) is 18.3 Å². The lowest BCUT2D eigenvalue weighted by atomic mass is 10.0. The third kappa shape index (κ3) is 19.0. The Morgan fingerprint density at radius 3 is 1.52 bits per heavy atom. The van der Waals surface area contributed by atoms with E-state index in [1.807, 2.05) is 0 Å². The fraction of sp³-hybridized carbons (Fsp3) is 0.857. The second kappa shape index (κ2) is 19.2. The van der Waals surface area contributed by atoms with E-state index in [0.717, 1.165) is 32.2 Å². The second-order valence-corrected chi connectivity index (χ2v) is 7.15. The average molecular weight is 384 g/mol. The molecule has 27 heavy (non-hydrogen) atoms. The molecule has 6 heteroatoms. The fourth-order valence-electron chi connectivity index (χ4n) is 3.04. The van der Waals surface area contributed by atoms with Crippen LogP contribution in [0.15, 0.2) is 4.99 Å². The Morgan fingerprint density at radius 1 is 0.704 bits per heavy atom. The van der Waals surface area contributed by atoms with Gasteiger partial charge in [-0.05, 0) is 19.8 Å². The second-order valence-electron chi connectivity index (χ2n) is 7.15. The van der Waals surface area contributed by atoms with Crippen LogP contribution in [0.3, 0.4) is 0 Å². The topological polar surface area (TPSA) is 108 Å². The Balaban J connectivity index is 3.18. The monoisotopic (exact) mass is 383 g/mol. The summed E-state index contributed by atoms with van der Waals surface area (Å²) in [6, 6.07) is 0. The van der Waals surface area contributed by atoms with Crippen LogP contribution in [-0.2, 0) is 14.3 Å². The number of carbonyl (C=O) groups excluding carboxylic acids is 2. The van der Waals surface area contributed by atoms with E-state index in [9.17, 15) is 9.59 Å². The van der Waals surface area contributed by atoms with Crippen molar-refractivity contribution >= 4 is 17.7 Å². The lowest BCUT2D eigenvalue weighted by molar-refractivity contribution is -0.153. The molecule has 0 fully saturated rings. The van der Waals surface area contributed by atoms with Crippen molar-refractivity contribution in [1.29, 1.82) is 0 Å². The number of nitrogens with zero attached hydrogens (tertiary/aromatic N) is 1. The van der Waals surface area contributed by atoms with Crippen molar-refractivity contribution in [3.8, 4) is 0 Å². The molecule has 0 aliphatic carbocycles. The number of ketones is 1. The van der Waals surface area contributed by atoms with Crippen LogP contribution in [0.25, 0.3) is 0 Å². The van der Waals surface area contributed by atoms with E-state index in [4.69, 9.17) is 11.5 Å². The number of carbonyl (C=O) groups is 2. The molecule has 6 nitrogen and oxygen atoms in total. The molecule has 0 aliphatic rings. The first-order valence-electron chi connectivity index (χ1n) is 10.8. The van der Waals surface area contributed by atoms with Crippen molar-refractivity contribution < 1.29 is 14.3 Å². The largest absolute Gasteiger partial charge is 0.460 e. The number of esters is 1. The van der Waals surface area contributed by atoms with Crippen LogP contribution in [0.2, 0.25) is 0 Å². The maximum atomic E-state index is 11.4. The number of nitrogens with two attached hydrogens (primary N) is 2. The minimum atomic E-state index is -0.677. The molecule has 0 aromatic carbocycles. The van der Waals surface area contributed by atoms with Crippen LogP contribution in [0.1, 0.15) is 103 Å². The Bertz CT molecular complexity index is 407. The molecule has 158 valence electrons. The predicted molar refractivity (Wildman–Crippen MR) is 112 cm³/mol. The highest BCUT2D eigenvalue weighted by Crippen LogP contribution is 2.13. The Hall–Kier alpha value is -1.59. The summed E-state index contributed by atoms with van der Waals surface area (Å²) in [6.45, 7) is 2.74. The van der Waals surface area contributed by atoms with Gasteiger partial charge in [0.1, 0.15) is 0 Å². The van der Waals surface area contributed by atoms with Crippen LogP contribution >= 0.6 is 0 Å². The van der Waals surface area contributed by atoms with Gasteiger partial charge in [0.2, 0.25) is 5.78 Å². The molecule has 0 heterocycles. The molecule has 0 atom stereocenters. The number of aliphatic imine (C=N–C) groups is 1. The third-order valence-electron chi connectivity index (χ3n) is 4.61. The van der Waals surface area contributed by atoms with Crippen molar-refractivity contribution in [1.82, 2.24) is 0 Å². The normalized spacial score (nSPS) is 10.6. The standard InChI is InChI=1S/C21H41N3O3/c1-2-27-20(26)19(25)17-15-13-11-9-7-5-3-4-6-8-10-12-14-16-18-24-21(22)23/h2-18H2,1H3,(H4,22,23,24). The van der Waals surface area contributed by atoms with Gasteiger partial charge >= 0.3 is 5.97 Å². The number of guanidine groups is 1. The van der Waals surface area contributed by atoms with Gasteiger partial charge in [-0.3, -0.25) is 9.79 Å². The molecule has 0 radical (unpaired) electrons. The van der Waals surface area contributed by atoms with Gasteiger partial charge in [0, 0.05) is 13.0 Å². The van der Waals surface area contributed by atoms with Gasteiger partial charge in [-0.25, -0.2) is 4.79 Å². The zero-order valence-corrected chi connectivity index (χ0v) is 17.3. The molecule has 0 unspecified atom stereocenters. The maximum Gasteiger partial charge on any atom is 0.374 e. The molecule has 0 amide bonds. The molecule has 0 rings (SSSR count). The van der Waals surface area contributed by atoms with Crippen molar-refractivity contribution in [3.05, 3.63) is 0 Å². The highest BCUT2D eigenvalue weighted by Gasteiger charge is 2.13. The number of rotatable bonds is 19. The van der Waals surface area contributed by atoms with Gasteiger partial charge in [0.15, 0.2) is 5.96 Å². The van der Waals surface area contributed by atoms with Crippen LogP contribution < -0.4 is 11.5 Å². The minimum absolute atomic E-state index is 0.194. The molecular formula is C21H41N3O3. The predicted octanol–water partition coefficient (Wildman–Crippen LogP) is 4.24.